The smallest absolute Gasteiger partial charge is 0.410 e. The molecule has 0 bridgehead atoms. The molecule has 0 radical (unpaired) electrons. The van der Waals surface area contributed by atoms with Gasteiger partial charge >= 0.3 is 6.09 Å². The SMILES string of the molecule is CC(C)(C)OC(=O)N(CC[C@]1(O)CC[C@H]2[C@@H]3CCc4cc(O)ccc4[C@H]3CC[C@@]21C)C1CCNCC1. The van der Waals surface area contributed by atoms with Gasteiger partial charge in [-0.15, -0.1) is 0 Å². The third-order valence-corrected chi connectivity index (χ3v) is 10.2. The second kappa shape index (κ2) is 9.50. The third-order valence-electron chi connectivity index (χ3n) is 10.2. The average molecular weight is 499 g/mol. The van der Waals surface area contributed by atoms with Crippen LogP contribution in [-0.2, 0) is 11.2 Å². The number of hydrogen-bond acceptors (Lipinski definition) is 5. The monoisotopic (exact) mass is 498 g/mol. The van der Waals surface area contributed by atoms with Crippen LogP contribution in [0, 0.1) is 17.3 Å². The van der Waals surface area contributed by atoms with Crippen molar-refractivity contribution in [1.29, 1.82) is 0 Å². The summed E-state index contributed by atoms with van der Waals surface area (Å²) in [4.78, 5) is 15.2. The van der Waals surface area contributed by atoms with Crippen molar-refractivity contribution < 1.29 is 19.7 Å². The minimum Gasteiger partial charge on any atom is -0.508 e. The standard InChI is InChI=1S/C30H46N2O4/c1-28(2,3)36-27(34)32(21-11-16-31-17-12-21)18-15-30(35)14-10-26-25-7-5-20-19-22(33)6-8-23(20)24(25)9-13-29(26,30)4/h6,8,19,21,24-26,31,33,35H,5,7,9-18H2,1-4H3/t24-,25-,26+,29+,30-/m1/s1. The fourth-order valence-electron chi connectivity index (χ4n) is 8.26. The van der Waals surface area contributed by atoms with Crippen LogP contribution in [0.3, 0.4) is 0 Å². The van der Waals surface area contributed by atoms with E-state index in [0.717, 1.165) is 64.5 Å². The van der Waals surface area contributed by atoms with Gasteiger partial charge in [0.25, 0.3) is 0 Å². The molecule has 3 N–H and O–H groups in total. The van der Waals surface area contributed by atoms with Gasteiger partial charge in [-0.05, 0) is 138 Å². The predicted molar refractivity (Wildman–Crippen MR) is 141 cm³/mol. The molecule has 3 fully saturated rings. The first-order valence-electron chi connectivity index (χ1n) is 14.3. The average Bonchev–Trinajstić information content (AvgIpc) is 3.09. The number of nitrogens with one attached hydrogen (secondary N) is 1. The summed E-state index contributed by atoms with van der Waals surface area (Å²) < 4.78 is 5.81. The molecule has 1 saturated heterocycles. The maximum atomic E-state index is 13.2. The number of aliphatic hydroxyl groups is 1. The maximum Gasteiger partial charge on any atom is 0.410 e. The van der Waals surface area contributed by atoms with Crippen LogP contribution < -0.4 is 5.32 Å². The molecule has 1 aromatic rings. The molecule has 5 rings (SSSR count). The molecule has 2 saturated carbocycles. The van der Waals surface area contributed by atoms with Gasteiger partial charge in [-0.25, -0.2) is 4.79 Å². The number of fused-ring (bicyclic) bond motifs is 5. The van der Waals surface area contributed by atoms with Crippen molar-refractivity contribution in [3.8, 4) is 5.75 Å². The Balaban J connectivity index is 1.32. The molecule has 3 aliphatic carbocycles. The van der Waals surface area contributed by atoms with Gasteiger partial charge in [0, 0.05) is 12.6 Å². The van der Waals surface area contributed by atoms with Crippen molar-refractivity contribution >= 4 is 6.09 Å². The second-order valence-electron chi connectivity index (χ2n) is 13.2. The Bertz CT molecular complexity index is 968. The Morgan fingerprint density at radius 3 is 2.61 bits per heavy atom. The summed E-state index contributed by atoms with van der Waals surface area (Å²) in [7, 11) is 0. The summed E-state index contributed by atoms with van der Waals surface area (Å²) in [6, 6.07) is 6.10. The van der Waals surface area contributed by atoms with Crippen LogP contribution in [0.5, 0.6) is 5.75 Å². The van der Waals surface area contributed by atoms with Gasteiger partial charge in [0.2, 0.25) is 0 Å². The molecule has 0 aromatic heterocycles. The number of aromatic hydroxyl groups is 1. The number of carbonyl (C=O) groups excluding carboxylic acids is 1. The van der Waals surface area contributed by atoms with E-state index in [-0.39, 0.29) is 17.6 Å². The van der Waals surface area contributed by atoms with Crippen LogP contribution in [0.4, 0.5) is 4.79 Å². The lowest BCUT2D eigenvalue weighted by Crippen LogP contribution is -2.54. The van der Waals surface area contributed by atoms with E-state index in [4.69, 9.17) is 4.74 Å². The molecule has 1 amide bonds. The Kier molecular flexibility index (Phi) is 6.82. The summed E-state index contributed by atoms with van der Waals surface area (Å²) in [6.45, 7) is 10.5. The number of aryl methyl sites for hydroxylation is 1. The van der Waals surface area contributed by atoms with Gasteiger partial charge in [-0.3, -0.25) is 0 Å². The van der Waals surface area contributed by atoms with E-state index in [1.165, 1.54) is 11.1 Å². The summed E-state index contributed by atoms with van der Waals surface area (Å²) in [5.74, 6) is 1.98. The summed E-state index contributed by atoms with van der Waals surface area (Å²) in [5, 5.41) is 25.6. The third kappa shape index (κ3) is 4.64. The number of rotatable bonds is 4. The minimum absolute atomic E-state index is 0.129. The Labute approximate surface area is 216 Å². The van der Waals surface area contributed by atoms with E-state index in [1.807, 2.05) is 37.8 Å². The Hall–Kier alpha value is -1.79. The normalized spacial score (nSPS) is 34.4. The fourth-order valence-corrected chi connectivity index (χ4v) is 8.26. The number of nitrogens with zero attached hydrogens (tertiary/aromatic N) is 1. The molecular formula is C30H46N2O4. The van der Waals surface area contributed by atoms with Crippen molar-refractivity contribution in [2.45, 2.75) is 109 Å². The quantitative estimate of drug-likeness (QED) is 0.521. The number of carbonyl (C=O) groups is 1. The van der Waals surface area contributed by atoms with Crippen LogP contribution in [0.25, 0.3) is 0 Å². The first-order chi connectivity index (χ1) is 17.0. The van der Waals surface area contributed by atoms with E-state index in [2.05, 4.69) is 18.3 Å². The minimum atomic E-state index is -0.759. The lowest BCUT2D eigenvalue weighted by Gasteiger charge is -2.53. The van der Waals surface area contributed by atoms with Crippen molar-refractivity contribution in [2.24, 2.45) is 17.3 Å². The number of phenolic OH excluding ortho intramolecular Hbond substituents is 1. The summed E-state index contributed by atoms with van der Waals surface area (Å²) in [5.41, 5.74) is 1.31. The van der Waals surface area contributed by atoms with Crippen molar-refractivity contribution in [1.82, 2.24) is 10.2 Å². The highest BCUT2D eigenvalue weighted by molar-refractivity contribution is 5.68. The largest absolute Gasteiger partial charge is 0.508 e. The van der Waals surface area contributed by atoms with E-state index >= 15 is 0 Å². The molecule has 200 valence electrons. The number of amides is 1. The summed E-state index contributed by atoms with van der Waals surface area (Å²) >= 11 is 0. The number of piperidine rings is 1. The van der Waals surface area contributed by atoms with Crippen LogP contribution >= 0.6 is 0 Å². The molecule has 0 spiro atoms. The van der Waals surface area contributed by atoms with Crippen molar-refractivity contribution in [3.05, 3.63) is 29.3 Å². The van der Waals surface area contributed by atoms with Gasteiger partial charge in [0.05, 0.1) is 5.60 Å². The molecule has 0 unspecified atom stereocenters. The molecule has 1 aromatic carbocycles. The van der Waals surface area contributed by atoms with Gasteiger partial charge in [-0.1, -0.05) is 13.0 Å². The molecule has 1 aliphatic heterocycles. The lowest BCUT2D eigenvalue weighted by molar-refractivity contribution is -0.111. The first-order valence-corrected chi connectivity index (χ1v) is 14.3. The van der Waals surface area contributed by atoms with Crippen LogP contribution in [-0.4, -0.2) is 58.1 Å². The highest BCUT2D eigenvalue weighted by Gasteiger charge is 2.61. The van der Waals surface area contributed by atoms with E-state index in [1.54, 1.807) is 0 Å². The number of hydrogen-bond donors (Lipinski definition) is 3. The second-order valence-corrected chi connectivity index (χ2v) is 13.2. The molecule has 6 heteroatoms. The highest BCUT2D eigenvalue weighted by Crippen LogP contribution is 2.65. The first kappa shape index (κ1) is 25.8. The maximum absolute atomic E-state index is 13.2. The van der Waals surface area contributed by atoms with Gasteiger partial charge < -0.3 is 25.2 Å². The zero-order valence-corrected chi connectivity index (χ0v) is 22.7. The zero-order valence-electron chi connectivity index (χ0n) is 22.7. The van der Waals surface area contributed by atoms with E-state index in [0.29, 0.717) is 36.5 Å². The van der Waals surface area contributed by atoms with E-state index < -0.39 is 11.2 Å². The molecular weight excluding hydrogens is 452 g/mol. The molecule has 4 aliphatic rings. The summed E-state index contributed by atoms with van der Waals surface area (Å²) in [6.07, 6.45) is 8.34. The highest BCUT2D eigenvalue weighted by atomic mass is 16.6. The number of benzene rings is 1. The fraction of sp³-hybridized carbons (Fsp3) is 0.767. The van der Waals surface area contributed by atoms with Gasteiger partial charge in [-0.2, -0.15) is 0 Å². The van der Waals surface area contributed by atoms with E-state index in [9.17, 15) is 15.0 Å². The molecule has 36 heavy (non-hydrogen) atoms. The van der Waals surface area contributed by atoms with Crippen LogP contribution in [0.1, 0.15) is 96.1 Å². The topological polar surface area (TPSA) is 82.0 Å². The van der Waals surface area contributed by atoms with Crippen molar-refractivity contribution in [2.75, 3.05) is 19.6 Å². The molecule has 6 nitrogen and oxygen atoms in total. The van der Waals surface area contributed by atoms with Crippen LogP contribution in [0.15, 0.2) is 18.2 Å². The van der Waals surface area contributed by atoms with Gasteiger partial charge in [0.15, 0.2) is 0 Å². The Morgan fingerprint density at radius 2 is 1.89 bits per heavy atom. The predicted octanol–water partition coefficient (Wildman–Crippen LogP) is 5.36. The Morgan fingerprint density at radius 1 is 1.14 bits per heavy atom. The lowest BCUT2D eigenvalue weighted by atomic mass is 9.53. The van der Waals surface area contributed by atoms with Gasteiger partial charge in [0.1, 0.15) is 11.4 Å². The van der Waals surface area contributed by atoms with Crippen LogP contribution in [0.2, 0.25) is 0 Å². The molecule has 1 heterocycles. The molecule has 5 atom stereocenters. The van der Waals surface area contributed by atoms with Crippen molar-refractivity contribution in [3.63, 3.8) is 0 Å². The number of phenols is 1. The number of ether oxygens (including phenoxy) is 1. The zero-order chi connectivity index (χ0) is 25.7.